The van der Waals surface area contributed by atoms with Gasteiger partial charge in [0.05, 0.1) is 12.3 Å². The number of para-hydroxylation sites is 1. The fourth-order valence-electron chi connectivity index (χ4n) is 2.95. The standard InChI is InChI=1S/C24H21N3O2S/c28-23(10-5-15-29-21-8-2-1-3-9-21)26-20-7-4-6-19(16-20)22-17-30-24(27-22)18-11-13-25-14-12-18/h1-4,6-9,11-14,16-17H,5,10,15H2,(H,26,28). The molecule has 6 heteroatoms. The van der Waals surface area contributed by atoms with Crippen LogP contribution in [0.25, 0.3) is 21.8 Å². The van der Waals surface area contributed by atoms with E-state index < -0.39 is 0 Å². The zero-order valence-electron chi connectivity index (χ0n) is 16.3. The maximum atomic E-state index is 12.3. The third kappa shape index (κ3) is 5.30. The molecule has 2 aromatic heterocycles. The van der Waals surface area contributed by atoms with Crippen molar-refractivity contribution < 1.29 is 9.53 Å². The molecule has 0 saturated heterocycles. The molecule has 0 unspecified atom stereocenters. The van der Waals surface area contributed by atoms with E-state index in [0.717, 1.165) is 33.3 Å². The summed E-state index contributed by atoms with van der Waals surface area (Å²) in [7, 11) is 0. The number of ether oxygens (including phenoxy) is 1. The van der Waals surface area contributed by atoms with Crippen LogP contribution in [0.1, 0.15) is 12.8 Å². The van der Waals surface area contributed by atoms with Crippen molar-refractivity contribution in [3.8, 4) is 27.6 Å². The number of pyridine rings is 1. The molecule has 0 aliphatic carbocycles. The van der Waals surface area contributed by atoms with Crippen LogP contribution in [0.3, 0.4) is 0 Å². The van der Waals surface area contributed by atoms with Crippen LogP contribution in [-0.4, -0.2) is 22.5 Å². The van der Waals surface area contributed by atoms with Gasteiger partial charge >= 0.3 is 0 Å². The molecule has 1 N–H and O–H groups in total. The number of amides is 1. The summed E-state index contributed by atoms with van der Waals surface area (Å²) >= 11 is 1.59. The summed E-state index contributed by atoms with van der Waals surface area (Å²) in [6.07, 6.45) is 4.58. The molecule has 0 aliphatic rings. The minimum Gasteiger partial charge on any atom is -0.494 e. The summed E-state index contributed by atoms with van der Waals surface area (Å²) in [4.78, 5) is 21.0. The Kier molecular flexibility index (Phi) is 6.47. The van der Waals surface area contributed by atoms with Gasteiger partial charge in [-0.15, -0.1) is 11.3 Å². The number of anilines is 1. The van der Waals surface area contributed by atoms with Crippen LogP contribution < -0.4 is 10.1 Å². The molecule has 30 heavy (non-hydrogen) atoms. The van der Waals surface area contributed by atoms with Gasteiger partial charge in [0.1, 0.15) is 10.8 Å². The molecule has 0 bridgehead atoms. The average Bonchev–Trinajstić information content (AvgIpc) is 3.29. The van der Waals surface area contributed by atoms with Gasteiger partial charge in [0, 0.05) is 41.0 Å². The molecule has 0 saturated carbocycles. The molecule has 0 fully saturated rings. The first-order valence-corrected chi connectivity index (χ1v) is 10.6. The zero-order chi connectivity index (χ0) is 20.6. The van der Waals surface area contributed by atoms with Crippen molar-refractivity contribution >= 4 is 22.9 Å². The number of aromatic nitrogens is 2. The van der Waals surface area contributed by atoms with Crippen molar-refractivity contribution in [3.63, 3.8) is 0 Å². The number of hydrogen-bond donors (Lipinski definition) is 1. The van der Waals surface area contributed by atoms with Crippen molar-refractivity contribution in [3.05, 3.63) is 84.5 Å². The Balaban J connectivity index is 1.32. The Labute approximate surface area is 179 Å². The van der Waals surface area contributed by atoms with Crippen LogP contribution in [0, 0.1) is 0 Å². The second-order valence-electron chi connectivity index (χ2n) is 6.67. The fourth-order valence-corrected chi connectivity index (χ4v) is 3.79. The lowest BCUT2D eigenvalue weighted by molar-refractivity contribution is -0.116. The van der Waals surface area contributed by atoms with Crippen LogP contribution in [0.4, 0.5) is 5.69 Å². The summed E-state index contributed by atoms with van der Waals surface area (Å²) < 4.78 is 5.63. The van der Waals surface area contributed by atoms with Crippen molar-refractivity contribution in [2.75, 3.05) is 11.9 Å². The summed E-state index contributed by atoms with van der Waals surface area (Å²) in [5.41, 5.74) is 3.67. The minimum atomic E-state index is -0.0282. The maximum Gasteiger partial charge on any atom is 0.224 e. The van der Waals surface area contributed by atoms with Crippen LogP contribution in [0.15, 0.2) is 84.5 Å². The van der Waals surface area contributed by atoms with Gasteiger partial charge in [-0.1, -0.05) is 30.3 Å². The molecule has 150 valence electrons. The molecular weight excluding hydrogens is 394 g/mol. The zero-order valence-corrected chi connectivity index (χ0v) is 17.1. The van der Waals surface area contributed by atoms with Gasteiger partial charge in [0.15, 0.2) is 0 Å². The van der Waals surface area contributed by atoms with E-state index >= 15 is 0 Å². The second kappa shape index (κ2) is 9.80. The summed E-state index contributed by atoms with van der Waals surface area (Å²) in [5, 5.41) is 5.93. The van der Waals surface area contributed by atoms with Gasteiger partial charge in [-0.3, -0.25) is 9.78 Å². The third-order valence-corrected chi connectivity index (χ3v) is 5.33. The monoisotopic (exact) mass is 415 g/mol. The molecule has 1 amide bonds. The normalized spacial score (nSPS) is 10.5. The number of hydrogen-bond acceptors (Lipinski definition) is 5. The lowest BCUT2D eigenvalue weighted by Crippen LogP contribution is -2.12. The van der Waals surface area contributed by atoms with Gasteiger partial charge in [-0.2, -0.15) is 0 Å². The van der Waals surface area contributed by atoms with Gasteiger partial charge in [0.25, 0.3) is 0 Å². The Morgan fingerprint density at radius 3 is 2.63 bits per heavy atom. The Morgan fingerprint density at radius 2 is 1.80 bits per heavy atom. The minimum absolute atomic E-state index is 0.0282. The van der Waals surface area contributed by atoms with Crippen LogP contribution in [0.2, 0.25) is 0 Å². The Morgan fingerprint density at radius 1 is 0.967 bits per heavy atom. The van der Waals surface area contributed by atoms with Crippen LogP contribution in [-0.2, 0) is 4.79 Å². The molecule has 0 atom stereocenters. The van der Waals surface area contributed by atoms with E-state index in [2.05, 4.69) is 10.3 Å². The van der Waals surface area contributed by atoms with Gasteiger partial charge < -0.3 is 10.1 Å². The first-order chi connectivity index (χ1) is 14.8. The quantitative estimate of drug-likeness (QED) is 0.377. The van der Waals surface area contributed by atoms with Crippen molar-refractivity contribution in [1.82, 2.24) is 9.97 Å². The Hall–Kier alpha value is -3.51. The maximum absolute atomic E-state index is 12.3. The largest absolute Gasteiger partial charge is 0.494 e. The summed E-state index contributed by atoms with van der Waals surface area (Å²) in [6.45, 7) is 0.508. The smallest absolute Gasteiger partial charge is 0.224 e. The molecule has 4 aromatic rings. The predicted molar refractivity (Wildman–Crippen MR) is 121 cm³/mol. The topological polar surface area (TPSA) is 64.1 Å². The number of nitrogens with zero attached hydrogens (tertiary/aromatic N) is 2. The third-order valence-electron chi connectivity index (χ3n) is 4.43. The van der Waals surface area contributed by atoms with Crippen molar-refractivity contribution in [2.24, 2.45) is 0 Å². The van der Waals surface area contributed by atoms with E-state index in [-0.39, 0.29) is 5.91 Å². The van der Waals surface area contributed by atoms with Gasteiger partial charge in [0.2, 0.25) is 5.91 Å². The van der Waals surface area contributed by atoms with E-state index in [1.54, 1.807) is 23.7 Å². The average molecular weight is 416 g/mol. The van der Waals surface area contributed by atoms with Crippen LogP contribution in [0.5, 0.6) is 5.75 Å². The molecular formula is C24H21N3O2S. The highest BCUT2D eigenvalue weighted by Gasteiger charge is 2.08. The summed E-state index contributed by atoms with van der Waals surface area (Å²) in [5.74, 6) is 0.791. The number of rotatable bonds is 8. The highest BCUT2D eigenvalue weighted by atomic mass is 32.1. The van der Waals surface area contributed by atoms with E-state index in [0.29, 0.717) is 19.4 Å². The molecule has 0 spiro atoms. The molecule has 0 aliphatic heterocycles. The number of carbonyl (C=O) groups is 1. The Bertz CT molecular complexity index is 1100. The molecule has 0 radical (unpaired) electrons. The summed E-state index contributed by atoms with van der Waals surface area (Å²) in [6, 6.07) is 21.3. The van der Waals surface area contributed by atoms with Crippen molar-refractivity contribution in [2.45, 2.75) is 12.8 Å². The first kappa shape index (κ1) is 19.8. The van der Waals surface area contributed by atoms with E-state index in [4.69, 9.17) is 9.72 Å². The van der Waals surface area contributed by atoms with Gasteiger partial charge in [-0.05, 0) is 42.8 Å². The molecule has 4 rings (SSSR count). The lowest BCUT2D eigenvalue weighted by Gasteiger charge is -2.08. The number of benzene rings is 2. The van der Waals surface area contributed by atoms with E-state index in [1.165, 1.54) is 0 Å². The number of nitrogens with one attached hydrogen (secondary N) is 1. The fraction of sp³-hybridized carbons (Fsp3) is 0.125. The SMILES string of the molecule is O=C(CCCOc1ccccc1)Nc1cccc(-c2csc(-c3ccncc3)n2)c1. The second-order valence-corrected chi connectivity index (χ2v) is 7.53. The van der Waals surface area contributed by atoms with Crippen LogP contribution >= 0.6 is 11.3 Å². The van der Waals surface area contributed by atoms with E-state index in [1.807, 2.05) is 72.1 Å². The predicted octanol–water partition coefficient (Wildman–Crippen LogP) is 5.67. The molecule has 2 heterocycles. The van der Waals surface area contributed by atoms with E-state index in [9.17, 15) is 4.79 Å². The number of thiazole rings is 1. The highest BCUT2D eigenvalue weighted by molar-refractivity contribution is 7.13. The lowest BCUT2D eigenvalue weighted by atomic mass is 10.1. The first-order valence-electron chi connectivity index (χ1n) is 9.72. The number of carbonyl (C=O) groups excluding carboxylic acids is 1. The highest BCUT2D eigenvalue weighted by Crippen LogP contribution is 2.29. The molecule has 5 nitrogen and oxygen atoms in total. The van der Waals surface area contributed by atoms with Crippen molar-refractivity contribution in [1.29, 1.82) is 0 Å². The molecule has 2 aromatic carbocycles. The van der Waals surface area contributed by atoms with Gasteiger partial charge in [-0.25, -0.2) is 4.98 Å².